The van der Waals surface area contributed by atoms with Crippen molar-refractivity contribution in [3.05, 3.63) is 10.0 Å². The molecule has 1 aromatic rings. The molecule has 0 aliphatic heterocycles. The Labute approximate surface area is 115 Å². The van der Waals surface area contributed by atoms with Gasteiger partial charge in [-0.3, -0.25) is 0 Å². The van der Waals surface area contributed by atoms with Crippen molar-refractivity contribution in [1.82, 2.24) is 0 Å². The van der Waals surface area contributed by atoms with Crippen LogP contribution >= 0.6 is 34.5 Å². The van der Waals surface area contributed by atoms with Gasteiger partial charge in [-0.05, 0) is 0 Å². The van der Waals surface area contributed by atoms with Gasteiger partial charge in [-0.2, -0.15) is 0 Å². The molecule has 0 saturated heterocycles. The summed E-state index contributed by atoms with van der Waals surface area (Å²) in [5.74, 6) is 0. The molecule has 1 heterocycles. The van der Waals surface area contributed by atoms with Crippen LogP contribution in [0.1, 0.15) is 0 Å². The summed E-state index contributed by atoms with van der Waals surface area (Å²) in [5, 5.41) is 1.76. The molecule has 0 fully saturated rings. The first-order valence-electron chi connectivity index (χ1n) is 5.04. The standard InChI is InChI=1S/C4Cl2S.6CH3.2Sn/c5-3-1-7-2-4(3)6;;;;;;;;/h;6*1H3;;. The third-order valence-electron chi connectivity index (χ3n) is 2.16. The van der Waals surface area contributed by atoms with E-state index in [-0.39, 0.29) is 0 Å². The van der Waals surface area contributed by atoms with E-state index >= 15 is 0 Å². The van der Waals surface area contributed by atoms with Crippen molar-refractivity contribution in [3.8, 4) is 0 Å². The van der Waals surface area contributed by atoms with Crippen molar-refractivity contribution in [3.63, 3.8) is 0 Å². The Balaban J connectivity index is 3.38. The molecule has 0 aliphatic rings. The fraction of sp³-hybridized carbons (Fsp3) is 0.600. The van der Waals surface area contributed by atoms with Gasteiger partial charge in [-0.1, -0.05) is 0 Å². The molecule has 0 N–H and O–H groups in total. The van der Waals surface area contributed by atoms with E-state index in [1.807, 2.05) is 11.3 Å². The van der Waals surface area contributed by atoms with Gasteiger partial charge in [0.1, 0.15) is 0 Å². The molecule has 15 heavy (non-hydrogen) atoms. The van der Waals surface area contributed by atoms with Crippen LogP contribution in [0.5, 0.6) is 0 Å². The Morgan fingerprint density at radius 1 is 0.733 bits per heavy atom. The molecule has 5 heteroatoms. The van der Waals surface area contributed by atoms with Gasteiger partial charge in [0.2, 0.25) is 0 Å². The third kappa shape index (κ3) is 3.43. The van der Waals surface area contributed by atoms with E-state index in [0.717, 1.165) is 10.0 Å². The summed E-state index contributed by atoms with van der Waals surface area (Å²) < 4.78 is 2.88. The van der Waals surface area contributed by atoms with Crippen LogP contribution < -0.4 is 5.79 Å². The normalized spacial score (nSPS) is 13.3. The number of halogens is 2. The minimum atomic E-state index is -2.06. The van der Waals surface area contributed by atoms with Crippen LogP contribution in [0.15, 0.2) is 0 Å². The molecule has 0 atom stereocenters. The average Bonchev–Trinajstić information content (AvgIpc) is 2.26. The van der Waals surface area contributed by atoms with Crippen molar-refractivity contribution in [1.29, 1.82) is 0 Å². The van der Waals surface area contributed by atoms with Crippen molar-refractivity contribution < 1.29 is 0 Å². The van der Waals surface area contributed by atoms with E-state index in [1.165, 1.54) is 5.79 Å². The molecule has 0 bridgehead atoms. The van der Waals surface area contributed by atoms with Gasteiger partial charge in [0, 0.05) is 0 Å². The SMILES string of the molecule is [CH3][Sn]([CH3])([CH3])[c]1s[c]([Sn]([CH3])([CH3])[CH3])c(Cl)c1Cl. The van der Waals surface area contributed by atoms with E-state index in [4.69, 9.17) is 23.2 Å². The molecule has 0 amide bonds. The Morgan fingerprint density at radius 2 is 1.00 bits per heavy atom. The van der Waals surface area contributed by atoms with Gasteiger partial charge in [-0.25, -0.2) is 0 Å². The van der Waals surface area contributed by atoms with Crippen molar-refractivity contribution in [2.45, 2.75) is 29.6 Å². The summed E-state index contributed by atoms with van der Waals surface area (Å²) >= 11 is 10.5. The molecule has 0 radical (unpaired) electrons. The first-order chi connectivity index (χ1) is 6.55. The zero-order valence-corrected chi connectivity index (χ0v) is 18.2. The van der Waals surface area contributed by atoms with Crippen LogP contribution in [0.2, 0.25) is 39.7 Å². The monoisotopic (exact) mass is 480 g/mol. The summed E-state index contributed by atoms with van der Waals surface area (Å²) in [7, 11) is 0. The molecule has 0 spiro atoms. The van der Waals surface area contributed by atoms with Gasteiger partial charge in [0.05, 0.1) is 0 Å². The molecule has 0 nitrogen and oxygen atoms in total. The van der Waals surface area contributed by atoms with Crippen LogP contribution in [0, 0.1) is 0 Å². The Kier molecular flexibility index (Phi) is 4.84. The van der Waals surface area contributed by atoms with E-state index < -0.39 is 36.8 Å². The van der Waals surface area contributed by atoms with Crippen LogP contribution in [0.4, 0.5) is 0 Å². The van der Waals surface area contributed by atoms with E-state index in [0.29, 0.717) is 0 Å². The number of rotatable bonds is 2. The molecule has 0 aliphatic carbocycles. The predicted molar refractivity (Wildman–Crippen MR) is 80.3 cm³/mol. The van der Waals surface area contributed by atoms with Gasteiger partial charge < -0.3 is 0 Å². The van der Waals surface area contributed by atoms with Gasteiger partial charge in [0.25, 0.3) is 0 Å². The summed E-state index contributed by atoms with van der Waals surface area (Å²) in [5.41, 5.74) is 0. The van der Waals surface area contributed by atoms with E-state index in [1.54, 1.807) is 0 Å². The molecule has 0 saturated carbocycles. The summed E-state index contributed by atoms with van der Waals surface area (Å²) in [4.78, 5) is 14.4. The molecule has 1 aromatic heterocycles. The maximum absolute atomic E-state index is 6.37. The minimum absolute atomic E-state index is 0.881. The summed E-state index contributed by atoms with van der Waals surface area (Å²) in [6.07, 6.45) is 0. The van der Waals surface area contributed by atoms with Gasteiger partial charge >= 0.3 is 117 Å². The van der Waals surface area contributed by atoms with Crippen LogP contribution in [-0.2, 0) is 0 Å². The fourth-order valence-corrected chi connectivity index (χ4v) is 21.3. The molecule has 0 aromatic carbocycles. The third-order valence-corrected chi connectivity index (χ3v) is 24.1. The Morgan fingerprint density at radius 3 is 1.13 bits per heavy atom. The fourth-order valence-electron chi connectivity index (χ4n) is 1.36. The van der Waals surface area contributed by atoms with E-state index in [2.05, 4.69) is 29.6 Å². The summed E-state index contributed by atoms with van der Waals surface area (Å²) in [6, 6.07) is 0. The first kappa shape index (κ1) is 14.9. The zero-order valence-electron chi connectivity index (χ0n) is 10.2. The number of hydrogen-bond donors (Lipinski definition) is 0. The van der Waals surface area contributed by atoms with Crippen molar-refractivity contribution >= 4 is 77.1 Å². The quantitative estimate of drug-likeness (QED) is 0.561. The maximum atomic E-state index is 6.37. The Hall–Kier alpha value is 1.88. The topological polar surface area (TPSA) is 0 Å². The predicted octanol–water partition coefficient (Wildman–Crippen LogP) is 4.15. The zero-order chi connectivity index (χ0) is 12.0. The van der Waals surface area contributed by atoms with E-state index in [9.17, 15) is 0 Å². The molecular weight excluding hydrogens is 461 g/mol. The van der Waals surface area contributed by atoms with Crippen molar-refractivity contribution in [2.75, 3.05) is 0 Å². The molecule has 86 valence electrons. The van der Waals surface area contributed by atoms with Gasteiger partial charge in [-0.15, -0.1) is 0 Å². The molecular formula is C10H18Cl2SSn2. The van der Waals surface area contributed by atoms with Crippen LogP contribution in [0.25, 0.3) is 0 Å². The second-order valence-electron chi connectivity index (χ2n) is 5.89. The van der Waals surface area contributed by atoms with Gasteiger partial charge in [0.15, 0.2) is 0 Å². The molecule has 0 unspecified atom stereocenters. The summed E-state index contributed by atoms with van der Waals surface area (Å²) in [6.45, 7) is 0. The van der Waals surface area contributed by atoms with Crippen LogP contribution in [0.3, 0.4) is 0 Å². The number of hydrogen-bond acceptors (Lipinski definition) is 1. The first-order valence-corrected chi connectivity index (χ1v) is 26.6. The molecule has 1 rings (SSSR count). The van der Waals surface area contributed by atoms with Crippen LogP contribution in [-0.4, -0.2) is 36.8 Å². The Bertz CT molecular complexity index is 337. The van der Waals surface area contributed by atoms with Crippen molar-refractivity contribution in [2.24, 2.45) is 0 Å². The average molecular weight is 479 g/mol. The second kappa shape index (κ2) is 4.86. The second-order valence-corrected chi connectivity index (χ2v) is 38.3. The number of thiophene rings is 1.